The highest BCUT2D eigenvalue weighted by atomic mass is 19.1. The average molecular weight is 262 g/mol. The zero-order valence-corrected chi connectivity index (χ0v) is 10.1. The van der Waals surface area contributed by atoms with E-state index in [4.69, 9.17) is 4.74 Å². The van der Waals surface area contributed by atoms with Crippen molar-refractivity contribution in [1.29, 1.82) is 0 Å². The first kappa shape index (κ1) is 13.2. The summed E-state index contributed by atoms with van der Waals surface area (Å²) in [6.07, 6.45) is 0.155. The minimum absolute atomic E-state index is 0.0718. The lowest BCUT2D eigenvalue weighted by atomic mass is 10.1. The molecule has 19 heavy (non-hydrogen) atoms. The van der Waals surface area contributed by atoms with Gasteiger partial charge in [-0.15, -0.1) is 0 Å². The zero-order chi connectivity index (χ0) is 13.7. The molecule has 0 aliphatic heterocycles. The van der Waals surface area contributed by atoms with Crippen molar-refractivity contribution < 1.29 is 18.3 Å². The Bertz CT molecular complexity index is 547. The van der Waals surface area contributed by atoms with Gasteiger partial charge in [-0.05, 0) is 0 Å². The minimum Gasteiger partial charge on any atom is -0.493 e. The van der Waals surface area contributed by atoms with Gasteiger partial charge in [-0.1, -0.05) is 30.3 Å². The minimum atomic E-state index is -0.704. The smallest absolute Gasteiger partial charge is 0.166 e. The number of benzene rings is 2. The van der Waals surface area contributed by atoms with Gasteiger partial charge in [0.05, 0.1) is 6.61 Å². The number of carbonyl (C=O) groups is 1. The second-order valence-corrected chi connectivity index (χ2v) is 3.99. The third-order valence-electron chi connectivity index (χ3n) is 2.53. The van der Waals surface area contributed by atoms with E-state index in [0.29, 0.717) is 5.56 Å². The van der Waals surface area contributed by atoms with Crippen LogP contribution >= 0.6 is 0 Å². The molecule has 2 nitrogen and oxygen atoms in total. The molecule has 2 aromatic rings. The Hall–Kier alpha value is -2.23. The van der Waals surface area contributed by atoms with Crippen LogP contribution < -0.4 is 4.74 Å². The van der Waals surface area contributed by atoms with E-state index < -0.39 is 11.6 Å². The summed E-state index contributed by atoms with van der Waals surface area (Å²) in [5.74, 6) is -1.40. The van der Waals surface area contributed by atoms with Crippen LogP contribution in [-0.2, 0) is 0 Å². The molecule has 0 fully saturated rings. The summed E-state index contributed by atoms with van der Waals surface area (Å²) in [4.78, 5) is 11.7. The summed E-state index contributed by atoms with van der Waals surface area (Å²) in [6.45, 7) is 0.0800. The molecule has 0 unspecified atom stereocenters. The number of halogens is 2. The molecule has 0 saturated heterocycles. The topological polar surface area (TPSA) is 26.3 Å². The number of carbonyl (C=O) groups excluding carboxylic acids is 1. The average Bonchev–Trinajstić information content (AvgIpc) is 2.38. The highest BCUT2D eigenvalue weighted by Crippen LogP contribution is 2.15. The van der Waals surface area contributed by atoms with Gasteiger partial charge in [0.15, 0.2) is 5.78 Å². The SMILES string of the molecule is O=C(CCOc1cc(F)cc(F)c1)c1ccccc1. The van der Waals surface area contributed by atoms with Gasteiger partial charge in [0.2, 0.25) is 0 Å². The summed E-state index contributed by atoms with van der Waals surface area (Å²) in [5.41, 5.74) is 0.594. The quantitative estimate of drug-likeness (QED) is 0.769. The highest BCUT2D eigenvalue weighted by molar-refractivity contribution is 5.96. The molecule has 0 N–H and O–H groups in total. The first-order valence-corrected chi connectivity index (χ1v) is 5.82. The molecule has 0 amide bonds. The van der Waals surface area contributed by atoms with Crippen LogP contribution in [0.1, 0.15) is 16.8 Å². The van der Waals surface area contributed by atoms with Crippen molar-refractivity contribution in [3.8, 4) is 5.75 Å². The van der Waals surface area contributed by atoms with Crippen LogP contribution in [-0.4, -0.2) is 12.4 Å². The summed E-state index contributed by atoms with van der Waals surface area (Å²) >= 11 is 0. The predicted octanol–water partition coefficient (Wildman–Crippen LogP) is 3.62. The largest absolute Gasteiger partial charge is 0.493 e. The molecule has 0 spiro atoms. The van der Waals surface area contributed by atoms with Crippen molar-refractivity contribution in [2.45, 2.75) is 6.42 Å². The Balaban J connectivity index is 1.88. The van der Waals surface area contributed by atoms with Crippen LogP contribution in [0.4, 0.5) is 8.78 Å². The predicted molar refractivity (Wildman–Crippen MR) is 67.2 cm³/mol. The Morgan fingerprint density at radius 1 is 1.00 bits per heavy atom. The number of rotatable bonds is 5. The fraction of sp³-hybridized carbons (Fsp3) is 0.133. The van der Waals surface area contributed by atoms with E-state index in [0.717, 1.165) is 18.2 Å². The molecule has 98 valence electrons. The normalized spacial score (nSPS) is 10.2. The van der Waals surface area contributed by atoms with Crippen molar-refractivity contribution in [1.82, 2.24) is 0 Å². The van der Waals surface area contributed by atoms with E-state index in [1.54, 1.807) is 24.3 Å². The first-order valence-electron chi connectivity index (χ1n) is 5.82. The van der Waals surface area contributed by atoms with Crippen LogP contribution in [0.2, 0.25) is 0 Å². The van der Waals surface area contributed by atoms with E-state index in [2.05, 4.69) is 0 Å². The molecule has 2 rings (SSSR count). The summed E-state index contributed by atoms with van der Waals surface area (Å²) in [7, 11) is 0. The Morgan fingerprint density at radius 3 is 2.26 bits per heavy atom. The third kappa shape index (κ3) is 3.88. The maximum absolute atomic E-state index is 12.9. The van der Waals surface area contributed by atoms with E-state index in [1.807, 2.05) is 6.07 Å². The lowest BCUT2D eigenvalue weighted by molar-refractivity contribution is 0.0962. The highest BCUT2D eigenvalue weighted by Gasteiger charge is 2.06. The van der Waals surface area contributed by atoms with Gasteiger partial charge in [-0.25, -0.2) is 8.78 Å². The van der Waals surface area contributed by atoms with Gasteiger partial charge >= 0.3 is 0 Å². The van der Waals surface area contributed by atoms with Gasteiger partial charge in [0, 0.05) is 30.2 Å². The molecule has 0 heterocycles. The third-order valence-corrected chi connectivity index (χ3v) is 2.53. The fourth-order valence-electron chi connectivity index (χ4n) is 1.64. The molecule has 0 aliphatic carbocycles. The monoisotopic (exact) mass is 262 g/mol. The molecule has 0 aliphatic rings. The van der Waals surface area contributed by atoms with E-state index in [1.165, 1.54) is 0 Å². The van der Waals surface area contributed by atoms with E-state index in [-0.39, 0.29) is 24.6 Å². The second kappa shape index (κ2) is 6.09. The van der Waals surface area contributed by atoms with Crippen molar-refractivity contribution in [2.24, 2.45) is 0 Å². The van der Waals surface area contributed by atoms with Crippen LogP contribution in [0.3, 0.4) is 0 Å². The molecule has 0 aromatic heterocycles. The van der Waals surface area contributed by atoms with E-state index >= 15 is 0 Å². The van der Waals surface area contributed by atoms with Crippen molar-refractivity contribution in [3.05, 3.63) is 65.7 Å². The van der Waals surface area contributed by atoms with Crippen LogP contribution in [0.5, 0.6) is 5.75 Å². The Labute approximate surface area is 109 Å². The van der Waals surface area contributed by atoms with Gasteiger partial charge in [-0.3, -0.25) is 4.79 Å². The molecular weight excluding hydrogens is 250 g/mol. The molecule has 0 bridgehead atoms. The maximum atomic E-state index is 12.9. The van der Waals surface area contributed by atoms with Crippen molar-refractivity contribution in [2.75, 3.05) is 6.61 Å². The number of ketones is 1. The van der Waals surface area contributed by atoms with Gasteiger partial charge in [-0.2, -0.15) is 0 Å². The molecule has 2 aromatic carbocycles. The fourth-order valence-corrected chi connectivity index (χ4v) is 1.64. The molecular formula is C15H12F2O2. The van der Waals surface area contributed by atoms with Gasteiger partial charge < -0.3 is 4.74 Å². The van der Waals surface area contributed by atoms with Crippen LogP contribution in [0.25, 0.3) is 0 Å². The summed E-state index contributed by atoms with van der Waals surface area (Å²) in [6, 6.07) is 11.7. The standard InChI is InChI=1S/C15H12F2O2/c16-12-8-13(17)10-14(9-12)19-7-6-15(18)11-4-2-1-3-5-11/h1-5,8-10H,6-7H2. The molecule has 0 atom stereocenters. The Morgan fingerprint density at radius 2 is 1.63 bits per heavy atom. The number of hydrogen-bond acceptors (Lipinski definition) is 2. The summed E-state index contributed by atoms with van der Waals surface area (Å²) < 4.78 is 30.9. The lowest BCUT2D eigenvalue weighted by Crippen LogP contribution is -2.06. The van der Waals surface area contributed by atoms with E-state index in [9.17, 15) is 13.6 Å². The maximum Gasteiger partial charge on any atom is 0.166 e. The van der Waals surface area contributed by atoms with Gasteiger partial charge in [0.25, 0.3) is 0 Å². The number of ether oxygens (including phenoxy) is 1. The summed E-state index contributed by atoms with van der Waals surface area (Å²) in [5, 5.41) is 0. The van der Waals surface area contributed by atoms with Gasteiger partial charge in [0.1, 0.15) is 17.4 Å². The Kier molecular flexibility index (Phi) is 4.23. The first-order chi connectivity index (χ1) is 9.15. The zero-order valence-electron chi connectivity index (χ0n) is 10.1. The van der Waals surface area contributed by atoms with Crippen molar-refractivity contribution >= 4 is 5.78 Å². The second-order valence-electron chi connectivity index (χ2n) is 3.99. The molecule has 0 saturated carbocycles. The number of hydrogen-bond donors (Lipinski definition) is 0. The molecule has 4 heteroatoms. The molecule has 0 radical (unpaired) electrons. The lowest BCUT2D eigenvalue weighted by Gasteiger charge is -2.06. The van der Waals surface area contributed by atoms with Crippen molar-refractivity contribution in [3.63, 3.8) is 0 Å². The number of Topliss-reactive ketones (excluding diaryl/α,β-unsaturated/α-hetero) is 1. The van der Waals surface area contributed by atoms with Crippen LogP contribution in [0, 0.1) is 11.6 Å². The van der Waals surface area contributed by atoms with Crippen LogP contribution in [0.15, 0.2) is 48.5 Å².